The highest BCUT2D eigenvalue weighted by molar-refractivity contribution is 6.04. The van der Waals surface area contributed by atoms with Crippen molar-refractivity contribution in [3.63, 3.8) is 0 Å². The Morgan fingerprint density at radius 3 is 2.46 bits per heavy atom. The molecule has 4 rings (SSSR count). The summed E-state index contributed by atoms with van der Waals surface area (Å²) in [5, 5.41) is 3.17. The van der Waals surface area contributed by atoms with Gasteiger partial charge in [-0.1, -0.05) is 0 Å². The zero-order valence-corrected chi connectivity index (χ0v) is 14.9. The summed E-state index contributed by atoms with van der Waals surface area (Å²) < 4.78 is 14.5. The van der Waals surface area contributed by atoms with Crippen molar-refractivity contribution in [2.75, 3.05) is 5.32 Å². The highest BCUT2D eigenvalue weighted by Crippen LogP contribution is 2.16. The van der Waals surface area contributed by atoms with E-state index in [1.807, 2.05) is 0 Å². The fourth-order valence-corrected chi connectivity index (χ4v) is 2.93. The number of halogens is 1. The first kappa shape index (κ1) is 17.5. The number of rotatable bonds is 3. The minimum Gasteiger partial charge on any atom is -0.322 e. The number of hydrogen-bond donors (Lipinski definition) is 1. The van der Waals surface area contributed by atoms with Gasteiger partial charge < -0.3 is 5.32 Å². The standard InChI is InChI=1S/C21H15FN4O2/c1-13-24-19-18(3-2-12-23-19)21(28)26(13)17-10-8-16(9-11-17)25-20(27)14-4-6-15(22)7-5-14/h2-12H,1H3,(H,25,27). The fraction of sp³-hybridized carbons (Fsp3) is 0.0476. The minimum atomic E-state index is -0.402. The maximum Gasteiger partial charge on any atom is 0.267 e. The Morgan fingerprint density at radius 1 is 1.04 bits per heavy atom. The number of aromatic nitrogens is 3. The van der Waals surface area contributed by atoms with Crippen LogP contribution in [0.2, 0.25) is 0 Å². The quantitative estimate of drug-likeness (QED) is 0.596. The Kier molecular flexibility index (Phi) is 4.41. The van der Waals surface area contributed by atoms with Crippen LogP contribution in [0.5, 0.6) is 0 Å². The van der Waals surface area contributed by atoms with Crippen molar-refractivity contribution in [3.8, 4) is 5.69 Å². The molecule has 138 valence electrons. The average molecular weight is 374 g/mol. The van der Waals surface area contributed by atoms with E-state index in [4.69, 9.17) is 0 Å². The monoisotopic (exact) mass is 374 g/mol. The van der Waals surface area contributed by atoms with Gasteiger partial charge in [0.1, 0.15) is 11.6 Å². The number of nitrogens with zero attached hydrogens (tertiary/aromatic N) is 3. The molecule has 4 aromatic rings. The van der Waals surface area contributed by atoms with Gasteiger partial charge in [0.25, 0.3) is 11.5 Å². The molecular weight excluding hydrogens is 359 g/mol. The van der Waals surface area contributed by atoms with Crippen molar-refractivity contribution in [3.05, 3.63) is 94.4 Å². The molecule has 1 N–H and O–H groups in total. The summed E-state index contributed by atoms with van der Waals surface area (Å²) in [6.45, 7) is 1.74. The number of pyridine rings is 1. The summed E-state index contributed by atoms with van der Waals surface area (Å²) in [6, 6.07) is 15.5. The molecule has 0 saturated heterocycles. The van der Waals surface area contributed by atoms with Crippen LogP contribution in [0, 0.1) is 12.7 Å². The van der Waals surface area contributed by atoms with Crippen LogP contribution in [0.15, 0.2) is 71.7 Å². The van der Waals surface area contributed by atoms with E-state index in [0.717, 1.165) is 0 Å². The Hall–Kier alpha value is -3.87. The van der Waals surface area contributed by atoms with Crippen molar-refractivity contribution in [1.29, 1.82) is 0 Å². The lowest BCUT2D eigenvalue weighted by Gasteiger charge is -2.11. The molecule has 0 fully saturated rings. The second-order valence-corrected chi connectivity index (χ2v) is 6.18. The van der Waals surface area contributed by atoms with Gasteiger partial charge in [-0.25, -0.2) is 14.4 Å². The Labute approximate surface area is 159 Å². The number of fused-ring (bicyclic) bond motifs is 1. The van der Waals surface area contributed by atoms with Crippen molar-refractivity contribution in [2.24, 2.45) is 0 Å². The maximum absolute atomic E-state index is 13.0. The number of anilines is 1. The molecule has 7 heteroatoms. The highest BCUT2D eigenvalue weighted by atomic mass is 19.1. The topological polar surface area (TPSA) is 76.9 Å². The number of carbonyl (C=O) groups is 1. The van der Waals surface area contributed by atoms with Crippen LogP contribution in [0.25, 0.3) is 16.7 Å². The molecule has 6 nitrogen and oxygen atoms in total. The lowest BCUT2D eigenvalue weighted by Crippen LogP contribution is -2.22. The minimum absolute atomic E-state index is 0.210. The van der Waals surface area contributed by atoms with Crippen LogP contribution in [-0.2, 0) is 0 Å². The van der Waals surface area contributed by atoms with E-state index >= 15 is 0 Å². The van der Waals surface area contributed by atoms with Crippen molar-refractivity contribution >= 4 is 22.6 Å². The third kappa shape index (κ3) is 3.25. The number of carbonyl (C=O) groups excluding carboxylic acids is 1. The molecule has 0 atom stereocenters. The number of aryl methyl sites for hydroxylation is 1. The van der Waals surface area contributed by atoms with Crippen molar-refractivity contribution in [1.82, 2.24) is 14.5 Å². The molecule has 28 heavy (non-hydrogen) atoms. The van der Waals surface area contributed by atoms with E-state index in [-0.39, 0.29) is 11.5 Å². The predicted octanol–water partition coefficient (Wildman–Crippen LogP) is 3.48. The molecule has 0 aliphatic rings. The van der Waals surface area contributed by atoms with Gasteiger partial charge in [0.05, 0.1) is 11.1 Å². The number of hydrogen-bond acceptors (Lipinski definition) is 4. The smallest absolute Gasteiger partial charge is 0.267 e. The van der Waals surface area contributed by atoms with Crippen LogP contribution in [0.1, 0.15) is 16.2 Å². The number of benzene rings is 2. The Balaban J connectivity index is 1.63. The molecule has 0 radical (unpaired) electrons. The molecular formula is C21H15FN4O2. The Bertz CT molecular complexity index is 1230. The Morgan fingerprint density at radius 2 is 1.75 bits per heavy atom. The molecule has 0 aliphatic carbocycles. The van der Waals surface area contributed by atoms with Crippen LogP contribution < -0.4 is 10.9 Å². The van der Waals surface area contributed by atoms with Crippen molar-refractivity contribution in [2.45, 2.75) is 6.92 Å². The summed E-state index contributed by atoms with van der Waals surface area (Å²) in [5.41, 5.74) is 1.73. The van der Waals surface area contributed by atoms with Gasteiger partial charge in [-0.2, -0.15) is 0 Å². The second kappa shape index (κ2) is 7.03. The molecule has 2 aromatic carbocycles. The van der Waals surface area contributed by atoms with Gasteiger partial charge >= 0.3 is 0 Å². The third-order valence-electron chi connectivity index (χ3n) is 4.30. The van der Waals surface area contributed by atoms with Gasteiger partial charge in [-0.15, -0.1) is 0 Å². The predicted molar refractivity (Wildman–Crippen MR) is 104 cm³/mol. The van der Waals surface area contributed by atoms with Crippen LogP contribution in [0.3, 0.4) is 0 Å². The van der Waals surface area contributed by atoms with Gasteiger partial charge in [0.2, 0.25) is 0 Å². The zero-order chi connectivity index (χ0) is 19.7. The van der Waals surface area contributed by atoms with E-state index < -0.39 is 5.82 Å². The first-order valence-corrected chi connectivity index (χ1v) is 8.55. The molecule has 0 saturated carbocycles. The third-order valence-corrected chi connectivity index (χ3v) is 4.30. The largest absolute Gasteiger partial charge is 0.322 e. The summed E-state index contributed by atoms with van der Waals surface area (Å²) in [6.07, 6.45) is 1.59. The summed E-state index contributed by atoms with van der Waals surface area (Å²) in [4.78, 5) is 33.5. The van der Waals surface area contributed by atoms with E-state index in [0.29, 0.717) is 33.8 Å². The summed E-state index contributed by atoms with van der Waals surface area (Å²) in [5.74, 6) is -0.236. The van der Waals surface area contributed by atoms with Crippen LogP contribution >= 0.6 is 0 Å². The maximum atomic E-state index is 13.0. The zero-order valence-electron chi connectivity index (χ0n) is 14.9. The lowest BCUT2D eigenvalue weighted by molar-refractivity contribution is 0.102. The summed E-state index contributed by atoms with van der Waals surface area (Å²) >= 11 is 0. The SMILES string of the molecule is Cc1nc2ncccc2c(=O)n1-c1ccc(NC(=O)c2ccc(F)cc2)cc1. The fourth-order valence-electron chi connectivity index (χ4n) is 2.93. The molecule has 0 spiro atoms. The lowest BCUT2D eigenvalue weighted by atomic mass is 10.2. The van der Waals surface area contributed by atoms with Crippen LogP contribution in [-0.4, -0.2) is 20.4 Å². The average Bonchev–Trinajstić information content (AvgIpc) is 2.70. The van der Waals surface area contributed by atoms with E-state index in [1.165, 1.54) is 28.8 Å². The van der Waals surface area contributed by atoms with E-state index in [1.54, 1.807) is 49.5 Å². The van der Waals surface area contributed by atoms with E-state index in [9.17, 15) is 14.0 Å². The first-order valence-electron chi connectivity index (χ1n) is 8.55. The number of amides is 1. The summed E-state index contributed by atoms with van der Waals surface area (Å²) in [7, 11) is 0. The molecule has 0 bridgehead atoms. The van der Waals surface area contributed by atoms with E-state index in [2.05, 4.69) is 15.3 Å². The number of nitrogens with one attached hydrogen (secondary N) is 1. The van der Waals surface area contributed by atoms with Crippen LogP contribution in [0.4, 0.5) is 10.1 Å². The van der Waals surface area contributed by atoms with Crippen molar-refractivity contribution < 1.29 is 9.18 Å². The molecule has 0 unspecified atom stereocenters. The second-order valence-electron chi connectivity index (χ2n) is 6.18. The van der Waals surface area contributed by atoms with Gasteiger partial charge in [0.15, 0.2) is 5.65 Å². The highest BCUT2D eigenvalue weighted by Gasteiger charge is 2.11. The molecule has 2 heterocycles. The van der Waals surface area contributed by atoms with Gasteiger partial charge in [-0.3, -0.25) is 14.2 Å². The molecule has 2 aromatic heterocycles. The molecule has 1 amide bonds. The first-order chi connectivity index (χ1) is 13.5. The van der Waals surface area contributed by atoms with Gasteiger partial charge in [-0.05, 0) is 67.6 Å². The molecule has 0 aliphatic heterocycles. The normalized spacial score (nSPS) is 10.8. The van der Waals surface area contributed by atoms with Gasteiger partial charge in [0, 0.05) is 17.4 Å².